The SMILES string of the molecule is Cc1ccc(-n2ncc3ccc(C(=O)O)cc32)cc1. The van der Waals surface area contributed by atoms with E-state index >= 15 is 0 Å². The summed E-state index contributed by atoms with van der Waals surface area (Å²) in [6.45, 7) is 2.02. The van der Waals surface area contributed by atoms with Crippen molar-refractivity contribution < 1.29 is 9.90 Å². The Morgan fingerprint density at radius 1 is 1.16 bits per heavy atom. The Bertz CT molecular complexity index is 757. The standard InChI is InChI=1S/C15H12N2O2/c1-10-2-6-13(7-3-10)17-14-8-11(15(18)19)4-5-12(14)9-16-17/h2-9H,1H3,(H,18,19). The van der Waals surface area contributed by atoms with Crippen LogP contribution in [0.25, 0.3) is 16.6 Å². The van der Waals surface area contributed by atoms with Gasteiger partial charge in [-0.25, -0.2) is 9.48 Å². The van der Waals surface area contributed by atoms with Gasteiger partial charge in [-0.2, -0.15) is 5.10 Å². The summed E-state index contributed by atoms with van der Waals surface area (Å²) in [4.78, 5) is 11.0. The highest BCUT2D eigenvalue weighted by Gasteiger charge is 2.09. The van der Waals surface area contributed by atoms with Crippen molar-refractivity contribution in [3.8, 4) is 5.69 Å². The fourth-order valence-corrected chi connectivity index (χ4v) is 2.04. The molecule has 0 saturated carbocycles. The number of carbonyl (C=O) groups is 1. The molecule has 0 saturated heterocycles. The van der Waals surface area contributed by atoms with Crippen molar-refractivity contribution in [2.24, 2.45) is 0 Å². The lowest BCUT2D eigenvalue weighted by atomic mass is 10.1. The molecule has 0 aliphatic carbocycles. The molecule has 3 rings (SSSR count). The van der Waals surface area contributed by atoms with Crippen molar-refractivity contribution in [3.05, 3.63) is 59.8 Å². The van der Waals surface area contributed by atoms with Gasteiger partial charge >= 0.3 is 5.97 Å². The number of hydrogen-bond acceptors (Lipinski definition) is 2. The van der Waals surface area contributed by atoms with E-state index in [2.05, 4.69) is 5.10 Å². The number of nitrogens with zero attached hydrogens (tertiary/aromatic N) is 2. The molecule has 4 nitrogen and oxygen atoms in total. The highest BCUT2D eigenvalue weighted by Crippen LogP contribution is 2.20. The average molecular weight is 252 g/mol. The molecular formula is C15H12N2O2. The third kappa shape index (κ3) is 1.97. The third-order valence-corrected chi connectivity index (χ3v) is 3.10. The second kappa shape index (κ2) is 4.24. The summed E-state index contributed by atoms with van der Waals surface area (Å²) in [7, 11) is 0. The Hall–Kier alpha value is -2.62. The van der Waals surface area contributed by atoms with Crippen LogP contribution in [0.2, 0.25) is 0 Å². The molecule has 0 atom stereocenters. The molecule has 0 fully saturated rings. The molecule has 3 aromatic rings. The van der Waals surface area contributed by atoms with Crippen molar-refractivity contribution in [2.75, 3.05) is 0 Å². The Morgan fingerprint density at radius 2 is 1.89 bits per heavy atom. The first-order valence-corrected chi connectivity index (χ1v) is 5.93. The monoisotopic (exact) mass is 252 g/mol. The first-order valence-electron chi connectivity index (χ1n) is 5.93. The fourth-order valence-electron chi connectivity index (χ4n) is 2.04. The number of benzene rings is 2. The van der Waals surface area contributed by atoms with Crippen LogP contribution in [0, 0.1) is 6.92 Å². The van der Waals surface area contributed by atoms with Gasteiger partial charge in [0, 0.05) is 5.39 Å². The van der Waals surface area contributed by atoms with Crippen LogP contribution in [0.5, 0.6) is 0 Å². The highest BCUT2D eigenvalue weighted by molar-refractivity contribution is 5.93. The summed E-state index contributed by atoms with van der Waals surface area (Å²) in [5.41, 5.74) is 3.15. The number of carboxylic acids is 1. The minimum Gasteiger partial charge on any atom is -0.478 e. The van der Waals surface area contributed by atoms with E-state index in [1.807, 2.05) is 31.2 Å². The van der Waals surface area contributed by atoms with Crippen LogP contribution in [0.15, 0.2) is 48.7 Å². The van der Waals surface area contributed by atoms with Gasteiger partial charge in [-0.15, -0.1) is 0 Å². The van der Waals surface area contributed by atoms with Crippen LogP contribution >= 0.6 is 0 Å². The molecule has 1 N–H and O–H groups in total. The van der Waals surface area contributed by atoms with E-state index in [0.29, 0.717) is 0 Å². The van der Waals surface area contributed by atoms with Crippen LogP contribution in [-0.4, -0.2) is 20.9 Å². The summed E-state index contributed by atoms with van der Waals surface area (Å²) in [5, 5.41) is 14.3. The lowest BCUT2D eigenvalue weighted by Gasteiger charge is -2.04. The van der Waals surface area contributed by atoms with Gasteiger partial charge in [-0.05, 0) is 31.2 Å². The molecule has 0 amide bonds. The number of aryl methyl sites for hydroxylation is 1. The molecule has 0 aliphatic rings. The van der Waals surface area contributed by atoms with Gasteiger partial charge in [0.2, 0.25) is 0 Å². The zero-order valence-corrected chi connectivity index (χ0v) is 10.4. The molecule has 1 aromatic heterocycles. The molecule has 0 radical (unpaired) electrons. The lowest BCUT2D eigenvalue weighted by molar-refractivity contribution is 0.0697. The number of aromatic carboxylic acids is 1. The number of carboxylic acid groups (broad SMARTS) is 1. The summed E-state index contributed by atoms with van der Waals surface area (Å²) in [6, 6.07) is 12.9. The number of rotatable bonds is 2. The summed E-state index contributed by atoms with van der Waals surface area (Å²) in [5.74, 6) is -0.932. The van der Waals surface area contributed by atoms with E-state index in [1.54, 1.807) is 29.1 Å². The topological polar surface area (TPSA) is 55.1 Å². The van der Waals surface area contributed by atoms with E-state index in [1.165, 1.54) is 5.56 Å². The van der Waals surface area contributed by atoms with Gasteiger partial charge in [0.05, 0.1) is 23.0 Å². The fraction of sp³-hybridized carbons (Fsp3) is 0.0667. The maximum Gasteiger partial charge on any atom is 0.335 e. The van der Waals surface area contributed by atoms with Gasteiger partial charge in [0.15, 0.2) is 0 Å². The van der Waals surface area contributed by atoms with Crippen LogP contribution in [0.3, 0.4) is 0 Å². The third-order valence-electron chi connectivity index (χ3n) is 3.10. The van der Waals surface area contributed by atoms with E-state index in [4.69, 9.17) is 5.11 Å². The Kier molecular flexibility index (Phi) is 2.56. The van der Waals surface area contributed by atoms with Crippen molar-refractivity contribution in [3.63, 3.8) is 0 Å². The van der Waals surface area contributed by atoms with Crippen molar-refractivity contribution in [1.82, 2.24) is 9.78 Å². The number of hydrogen-bond donors (Lipinski definition) is 1. The molecule has 4 heteroatoms. The quantitative estimate of drug-likeness (QED) is 0.762. The zero-order valence-electron chi connectivity index (χ0n) is 10.4. The van der Waals surface area contributed by atoms with Crippen LogP contribution in [-0.2, 0) is 0 Å². The number of aromatic nitrogens is 2. The average Bonchev–Trinajstić information content (AvgIpc) is 2.82. The Morgan fingerprint density at radius 3 is 2.58 bits per heavy atom. The van der Waals surface area contributed by atoms with Crippen LogP contribution < -0.4 is 0 Å². The second-order valence-corrected chi connectivity index (χ2v) is 4.47. The molecular weight excluding hydrogens is 240 g/mol. The summed E-state index contributed by atoms with van der Waals surface area (Å²) < 4.78 is 1.75. The molecule has 19 heavy (non-hydrogen) atoms. The van der Waals surface area contributed by atoms with Gasteiger partial charge in [-0.1, -0.05) is 23.8 Å². The Labute approximate surface area is 109 Å². The van der Waals surface area contributed by atoms with E-state index in [9.17, 15) is 4.79 Å². The molecule has 1 heterocycles. The van der Waals surface area contributed by atoms with E-state index in [-0.39, 0.29) is 5.56 Å². The molecule has 0 spiro atoms. The van der Waals surface area contributed by atoms with E-state index < -0.39 is 5.97 Å². The smallest absolute Gasteiger partial charge is 0.335 e. The molecule has 0 aliphatic heterocycles. The molecule has 2 aromatic carbocycles. The van der Waals surface area contributed by atoms with Gasteiger partial charge < -0.3 is 5.11 Å². The first-order chi connectivity index (χ1) is 9.15. The summed E-state index contributed by atoms with van der Waals surface area (Å²) >= 11 is 0. The van der Waals surface area contributed by atoms with Crippen molar-refractivity contribution in [2.45, 2.75) is 6.92 Å². The maximum atomic E-state index is 11.0. The first kappa shape index (κ1) is 11.5. The minimum absolute atomic E-state index is 0.265. The lowest BCUT2D eigenvalue weighted by Crippen LogP contribution is -1.99. The van der Waals surface area contributed by atoms with E-state index in [0.717, 1.165) is 16.6 Å². The minimum atomic E-state index is -0.932. The Balaban J connectivity index is 2.21. The summed E-state index contributed by atoms with van der Waals surface area (Å²) in [6.07, 6.45) is 1.74. The van der Waals surface area contributed by atoms with Crippen LogP contribution in [0.1, 0.15) is 15.9 Å². The van der Waals surface area contributed by atoms with Gasteiger partial charge in [0.1, 0.15) is 0 Å². The van der Waals surface area contributed by atoms with Crippen LogP contribution in [0.4, 0.5) is 0 Å². The molecule has 0 unspecified atom stereocenters. The molecule has 94 valence electrons. The predicted molar refractivity (Wildman–Crippen MR) is 72.8 cm³/mol. The zero-order chi connectivity index (χ0) is 13.4. The van der Waals surface area contributed by atoms with Gasteiger partial charge in [0.25, 0.3) is 0 Å². The van der Waals surface area contributed by atoms with Gasteiger partial charge in [-0.3, -0.25) is 0 Å². The van der Waals surface area contributed by atoms with Crippen molar-refractivity contribution in [1.29, 1.82) is 0 Å². The maximum absolute atomic E-state index is 11.0. The van der Waals surface area contributed by atoms with Crippen molar-refractivity contribution >= 4 is 16.9 Å². The predicted octanol–water partition coefficient (Wildman–Crippen LogP) is 3.03. The second-order valence-electron chi connectivity index (χ2n) is 4.47. The normalized spacial score (nSPS) is 10.8. The number of fused-ring (bicyclic) bond motifs is 1. The highest BCUT2D eigenvalue weighted by atomic mass is 16.4. The molecule has 0 bridgehead atoms. The largest absolute Gasteiger partial charge is 0.478 e.